The molecule has 10 heteroatoms. The molecule has 0 aromatic heterocycles. The minimum atomic E-state index is -3.91. The van der Waals surface area contributed by atoms with Crippen molar-refractivity contribution < 1.29 is 21.6 Å². The van der Waals surface area contributed by atoms with Crippen LogP contribution in [0.5, 0.6) is 0 Å². The third-order valence-electron chi connectivity index (χ3n) is 5.00. The molecule has 31 heavy (non-hydrogen) atoms. The summed E-state index contributed by atoms with van der Waals surface area (Å²) in [7, 11) is -7.37. The maximum Gasteiger partial charge on any atom is 0.262 e. The zero-order valence-corrected chi connectivity index (χ0v) is 19.4. The highest BCUT2D eigenvalue weighted by Gasteiger charge is 2.27. The first-order chi connectivity index (χ1) is 14.5. The molecule has 0 radical (unpaired) electrons. The van der Waals surface area contributed by atoms with Crippen LogP contribution in [0.1, 0.15) is 37.8 Å². The Morgan fingerprint density at radius 3 is 2.42 bits per heavy atom. The summed E-state index contributed by atoms with van der Waals surface area (Å²) in [4.78, 5) is 11.3. The number of benzene rings is 2. The van der Waals surface area contributed by atoms with E-state index >= 15 is 0 Å². The molecule has 168 valence electrons. The summed E-state index contributed by atoms with van der Waals surface area (Å²) in [6.07, 6.45) is 1.97. The van der Waals surface area contributed by atoms with Crippen LogP contribution in [-0.2, 0) is 31.3 Å². The highest BCUT2D eigenvalue weighted by molar-refractivity contribution is 7.93. The smallest absolute Gasteiger partial charge is 0.262 e. The fourth-order valence-corrected chi connectivity index (χ4v) is 6.59. The molecule has 2 N–H and O–H groups in total. The van der Waals surface area contributed by atoms with Gasteiger partial charge < -0.3 is 5.32 Å². The van der Waals surface area contributed by atoms with Crippen LogP contribution >= 0.6 is 0 Å². The normalized spacial score (nSPS) is 14.1. The SMILES string of the molecule is CCCS(=O)(=O)N1CCCc2ccc(NS(=O)(=O)c3ccc(NC(C)=O)cc3C)cc21. The van der Waals surface area contributed by atoms with Crippen LogP contribution < -0.4 is 14.3 Å². The highest BCUT2D eigenvalue weighted by atomic mass is 32.2. The topological polar surface area (TPSA) is 113 Å². The van der Waals surface area contributed by atoms with Crippen molar-refractivity contribution in [3.8, 4) is 0 Å². The van der Waals surface area contributed by atoms with Crippen molar-refractivity contribution in [2.45, 2.75) is 44.9 Å². The number of amides is 1. The number of rotatable bonds is 7. The summed E-state index contributed by atoms with van der Waals surface area (Å²) in [5.74, 6) is -0.202. The monoisotopic (exact) mass is 465 g/mol. The average Bonchev–Trinajstić information content (AvgIpc) is 2.66. The fraction of sp³-hybridized carbons (Fsp3) is 0.381. The summed E-state index contributed by atoms with van der Waals surface area (Å²) in [6.45, 7) is 5.22. The predicted octanol–water partition coefficient (Wildman–Crippen LogP) is 3.25. The fourth-order valence-electron chi connectivity index (χ4n) is 3.70. The maximum atomic E-state index is 13.0. The molecular formula is C21H27N3O5S2. The molecule has 0 unspecified atom stereocenters. The summed E-state index contributed by atoms with van der Waals surface area (Å²) >= 11 is 0. The lowest BCUT2D eigenvalue weighted by Crippen LogP contribution is -2.37. The van der Waals surface area contributed by atoms with Crippen molar-refractivity contribution in [3.05, 3.63) is 47.5 Å². The van der Waals surface area contributed by atoms with Crippen LogP contribution in [0.25, 0.3) is 0 Å². The van der Waals surface area contributed by atoms with Gasteiger partial charge in [-0.05, 0) is 67.6 Å². The van der Waals surface area contributed by atoms with E-state index in [4.69, 9.17) is 0 Å². The largest absolute Gasteiger partial charge is 0.326 e. The Bertz CT molecular complexity index is 1210. The van der Waals surface area contributed by atoms with Crippen molar-refractivity contribution in [3.63, 3.8) is 0 Å². The van der Waals surface area contributed by atoms with Gasteiger partial charge in [0.15, 0.2) is 0 Å². The second-order valence-corrected chi connectivity index (χ2v) is 11.3. The van der Waals surface area contributed by atoms with Crippen LogP contribution in [0, 0.1) is 6.92 Å². The number of nitrogens with one attached hydrogen (secondary N) is 2. The number of carbonyl (C=O) groups excluding carboxylic acids is 1. The van der Waals surface area contributed by atoms with Crippen LogP contribution in [0.4, 0.5) is 17.1 Å². The van der Waals surface area contributed by atoms with E-state index in [0.717, 1.165) is 18.4 Å². The number of aryl methyl sites for hydroxylation is 2. The van der Waals surface area contributed by atoms with E-state index in [2.05, 4.69) is 10.0 Å². The van der Waals surface area contributed by atoms with E-state index < -0.39 is 20.0 Å². The highest BCUT2D eigenvalue weighted by Crippen LogP contribution is 2.33. The van der Waals surface area contributed by atoms with E-state index in [1.165, 1.54) is 23.4 Å². The van der Waals surface area contributed by atoms with Gasteiger partial charge in [0.25, 0.3) is 10.0 Å². The van der Waals surface area contributed by atoms with E-state index in [0.29, 0.717) is 35.6 Å². The zero-order valence-electron chi connectivity index (χ0n) is 17.8. The molecule has 1 aliphatic heterocycles. The molecule has 1 heterocycles. The van der Waals surface area contributed by atoms with E-state index in [-0.39, 0.29) is 16.6 Å². The first kappa shape index (κ1) is 23.1. The Kier molecular flexibility index (Phi) is 6.61. The lowest BCUT2D eigenvalue weighted by atomic mass is 10.0. The summed E-state index contributed by atoms with van der Waals surface area (Å²) < 4.78 is 55.2. The molecule has 0 fully saturated rings. The van der Waals surface area contributed by atoms with Crippen molar-refractivity contribution in [2.24, 2.45) is 0 Å². The van der Waals surface area contributed by atoms with Crippen molar-refractivity contribution in [2.75, 3.05) is 26.6 Å². The molecule has 0 saturated carbocycles. The zero-order chi connectivity index (χ0) is 22.8. The third-order valence-corrected chi connectivity index (χ3v) is 8.51. The number of fused-ring (bicyclic) bond motifs is 1. The molecule has 8 nitrogen and oxygen atoms in total. The van der Waals surface area contributed by atoms with E-state index in [9.17, 15) is 21.6 Å². The van der Waals surface area contributed by atoms with Gasteiger partial charge in [0.05, 0.1) is 22.0 Å². The molecule has 2 aromatic rings. The van der Waals surface area contributed by atoms with Crippen molar-refractivity contribution in [1.82, 2.24) is 0 Å². The van der Waals surface area contributed by atoms with Gasteiger partial charge >= 0.3 is 0 Å². The molecule has 1 aliphatic rings. The summed E-state index contributed by atoms with van der Waals surface area (Å²) in [6, 6.07) is 9.54. The Balaban J connectivity index is 1.92. The Morgan fingerprint density at radius 2 is 1.77 bits per heavy atom. The Morgan fingerprint density at radius 1 is 1.06 bits per heavy atom. The Labute approximate surface area is 183 Å². The maximum absolute atomic E-state index is 13.0. The minimum absolute atomic E-state index is 0.0439. The molecule has 0 aliphatic carbocycles. The summed E-state index contributed by atoms with van der Waals surface area (Å²) in [5.41, 5.74) is 2.68. The minimum Gasteiger partial charge on any atom is -0.326 e. The van der Waals surface area contributed by atoms with E-state index in [1.807, 2.05) is 6.92 Å². The van der Waals surface area contributed by atoms with Gasteiger partial charge in [-0.15, -0.1) is 0 Å². The third kappa shape index (κ3) is 5.19. The molecule has 0 saturated heterocycles. The quantitative estimate of drug-likeness (QED) is 0.652. The van der Waals surface area contributed by atoms with Crippen LogP contribution in [-0.4, -0.2) is 35.0 Å². The number of nitrogens with zero attached hydrogens (tertiary/aromatic N) is 1. The number of carbonyl (C=O) groups is 1. The standard InChI is InChI=1S/C21H27N3O5S2/c1-4-12-30(26,27)24-11-5-6-17-7-8-19(14-20(17)24)23-31(28,29)21-10-9-18(13-15(21)2)22-16(3)25/h7-10,13-14,23H,4-6,11-12H2,1-3H3,(H,22,25). The van der Waals surface area contributed by atoms with Gasteiger partial charge in [-0.3, -0.25) is 13.8 Å². The predicted molar refractivity (Wildman–Crippen MR) is 122 cm³/mol. The van der Waals surface area contributed by atoms with Gasteiger partial charge in [0.1, 0.15) is 0 Å². The molecule has 0 atom stereocenters. The van der Waals surface area contributed by atoms with Crippen LogP contribution in [0.2, 0.25) is 0 Å². The van der Waals surface area contributed by atoms with Gasteiger partial charge in [0.2, 0.25) is 15.9 Å². The summed E-state index contributed by atoms with van der Waals surface area (Å²) in [5, 5.41) is 2.62. The van der Waals surface area contributed by atoms with Crippen LogP contribution in [0.3, 0.4) is 0 Å². The number of hydrogen-bond acceptors (Lipinski definition) is 5. The van der Waals surface area contributed by atoms with Crippen molar-refractivity contribution >= 4 is 43.0 Å². The van der Waals surface area contributed by atoms with Crippen molar-refractivity contribution in [1.29, 1.82) is 0 Å². The molecule has 0 spiro atoms. The first-order valence-electron chi connectivity index (χ1n) is 10.1. The van der Waals surface area contributed by atoms with Gasteiger partial charge in [-0.25, -0.2) is 16.8 Å². The van der Waals surface area contributed by atoms with Crippen LogP contribution in [0.15, 0.2) is 41.3 Å². The average molecular weight is 466 g/mol. The van der Waals surface area contributed by atoms with E-state index in [1.54, 1.807) is 31.2 Å². The lowest BCUT2D eigenvalue weighted by Gasteiger charge is -2.31. The first-order valence-corrected chi connectivity index (χ1v) is 13.2. The number of sulfonamides is 2. The number of anilines is 3. The molecule has 0 bridgehead atoms. The lowest BCUT2D eigenvalue weighted by molar-refractivity contribution is -0.114. The van der Waals surface area contributed by atoms with Gasteiger partial charge in [0, 0.05) is 19.2 Å². The van der Waals surface area contributed by atoms with Gasteiger partial charge in [-0.2, -0.15) is 0 Å². The van der Waals surface area contributed by atoms with Gasteiger partial charge in [-0.1, -0.05) is 13.0 Å². The molecule has 1 amide bonds. The molecule has 2 aromatic carbocycles. The Hall–Kier alpha value is -2.59. The molecular weight excluding hydrogens is 438 g/mol. The second-order valence-electron chi connectivity index (χ2n) is 7.60. The molecule has 3 rings (SSSR count). The number of hydrogen-bond donors (Lipinski definition) is 2. The second kappa shape index (κ2) is 8.88.